The summed E-state index contributed by atoms with van der Waals surface area (Å²) in [6, 6.07) is 3.75. The van der Waals surface area contributed by atoms with E-state index in [1.807, 2.05) is 6.08 Å². The predicted octanol–water partition coefficient (Wildman–Crippen LogP) is 3.56. The fraction of sp³-hybridized carbons (Fsp3) is 0.333. The van der Waals surface area contributed by atoms with E-state index in [9.17, 15) is 14.5 Å². The smallest absolute Gasteiger partial charge is 0.258 e. The zero-order chi connectivity index (χ0) is 11.5. The minimum atomic E-state index is -0.485. The third-order valence-corrected chi connectivity index (χ3v) is 2.90. The van der Waals surface area contributed by atoms with Gasteiger partial charge in [-0.3, -0.25) is 10.1 Å². The summed E-state index contributed by atoms with van der Waals surface area (Å²) in [4.78, 5) is 10.1. The Morgan fingerprint density at radius 2 is 2.19 bits per heavy atom. The molecule has 0 heterocycles. The summed E-state index contributed by atoms with van der Waals surface area (Å²) in [7, 11) is 0. The van der Waals surface area contributed by atoms with Crippen LogP contribution in [-0.4, -0.2) is 4.92 Å². The summed E-state index contributed by atoms with van der Waals surface area (Å²) in [6.45, 7) is 0. The average Bonchev–Trinajstić information content (AvgIpc) is 2.30. The van der Waals surface area contributed by atoms with Gasteiger partial charge in [0.25, 0.3) is 5.69 Å². The topological polar surface area (TPSA) is 43.1 Å². The highest BCUT2D eigenvalue weighted by molar-refractivity contribution is 5.37. The molecule has 1 aromatic rings. The summed E-state index contributed by atoms with van der Waals surface area (Å²) in [5.74, 6) is -0.268. The zero-order valence-corrected chi connectivity index (χ0v) is 8.73. The lowest BCUT2D eigenvalue weighted by Gasteiger charge is -2.18. The second kappa shape index (κ2) is 4.43. The number of hydrogen-bond donors (Lipinski definition) is 0. The van der Waals surface area contributed by atoms with Crippen molar-refractivity contribution in [2.75, 3.05) is 0 Å². The molecule has 1 atom stereocenters. The molecule has 1 aliphatic rings. The number of hydrogen-bond acceptors (Lipinski definition) is 2. The molecular weight excluding hydrogens is 209 g/mol. The first kappa shape index (κ1) is 10.8. The number of allylic oxidation sites excluding steroid dienone is 2. The van der Waals surface area contributed by atoms with Crippen LogP contribution in [0.15, 0.2) is 30.4 Å². The van der Waals surface area contributed by atoms with Crippen molar-refractivity contribution in [1.82, 2.24) is 0 Å². The van der Waals surface area contributed by atoms with Crippen molar-refractivity contribution in [2.45, 2.75) is 25.2 Å². The highest BCUT2D eigenvalue weighted by atomic mass is 19.1. The van der Waals surface area contributed by atoms with E-state index in [4.69, 9.17) is 0 Å². The number of nitro groups is 1. The fourth-order valence-electron chi connectivity index (χ4n) is 2.03. The maximum absolute atomic E-state index is 13.6. The van der Waals surface area contributed by atoms with Crippen LogP contribution in [0.1, 0.15) is 30.7 Å². The first-order valence-electron chi connectivity index (χ1n) is 5.27. The van der Waals surface area contributed by atoms with Gasteiger partial charge in [-0.05, 0) is 36.8 Å². The molecule has 0 amide bonds. The molecule has 0 N–H and O–H groups in total. The van der Waals surface area contributed by atoms with Gasteiger partial charge in [0.1, 0.15) is 5.82 Å². The normalized spacial score (nSPS) is 19.7. The minimum Gasteiger partial charge on any atom is -0.258 e. The van der Waals surface area contributed by atoms with Crippen molar-refractivity contribution >= 4 is 5.69 Å². The van der Waals surface area contributed by atoms with Crippen LogP contribution < -0.4 is 0 Å². The first-order valence-corrected chi connectivity index (χ1v) is 5.27. The molecule has 2 rings (SSSR count). The quantitative estimate of drug-likeness (QED) is 0.435. The Morgan fingerprint density at radius 3 is 2.81 bits per heavy atom. The molecule has 0 aliphatic heterocycles. The molecule has 0 bridgehead atoms. The Labute approximate surface area is 92.7 Å². The number of nitro benzene ring substituents is 1. The van der Waals surface area contributed by atoms with E-state index < -0.39 is 4.92 Å². The molecule has 0 aromatic heterocycles. The van der Waals surface area contributed by atoms with E-state index >= 15 is 0 Å². The lowest BCUT2D eigenvalue weighted by molar-refractivity contribution is -0.385. The third-order valence-electron chi connectivity index (χ3n) is 2.90. The first-order chi connectivity index (χ1) is 7.68. The van der Waals surface area contributed by atoms with E-state index in [1.54, 1.807) is 0 Å². The van der Waals surface area contributed by atoms with Gasteiger partial charge in [-0.2, -0.15) is 0 Å². The van der Waals surface area contributed by atoms with E-state index in [-0.39, 0.29) is 17.4 Å². The van der Waals surface area contributed by atoms with Crippen molar-refractivity contribution in [3.8, 4) is 0 Å². The van der Waals surface area contributed by atoms with Crippen LogP contribution in [0.4, 0.5) is 10.1 Å². The predicted molar refractivity (Wildman–Crippen MR) is 58.8 cm³/mol. The van der Waals surface area contributed by atoms with Crippen molar-refractivity contribution in [3.63, 3.8) is 0 Å². The average molecular weight is 221 g/mol. The Morgan fingerprint density at radius 1 is 1.38 bits per heavy atom. The van der Waals surface area contributed by atoms with Crippen LogP contribution in [-0.2, 0) is 0 Å². The van der Waals surface area contributed by atoms with E-state index in [2.05, 4.69) is 6.08 Å². The van der Waals surface area contributed by atoms with Crippen molar-refractivity contribution in [1.29, 1.82) is 0 Å². The van der Waals surface area contributed by atoms with Gasteiger partial charge < -0.3 is 0 Å². The maximum atomic E-state index is 13.6. The number of nitrogens with zero attached hydrogens (tertiary/aromatic N) is 1. The van der Waals surface area contributed by atoms with Crippen LogP contribution in [0.2, 0.25) is 0 Å². The molecule has 84 valence electrons. The van der Waals surface area contributed by atoms with Crippen LogP contribution >= 0.6 is 0 Å². The Kier molecular flexibility index (Phi) is 2.99. The van der Waals surface area contributed by atoms with E-state index in [0.717, 1.165) is 19.3 Å². The lowest BCUT2D eigenvalue weighted by atomic mass is 9.87. The summed E-state index contributed by atoms with van der Waals surface area (Å²) in [5, 5.41) is 10.6. The highest BCUT2D eigenvalue weighted by Gasteiger charge is 2.19. The SMILES string of the molecule is O=[N+]([O-])c1ccc(F)c(C2CC=CCC2)c1. The Bertz CT molecular complexity index is 443. The molecule has 1 aromatic carbocycles. The van der Waals surface area contributed by atoms with Crippen LogP contribution in [0, 0.1) is 15.9 Å². The third kappa shape index (κ3) is 2.10. The van der Waals surface area contributed by atoms with Gasteiger partial charge >= 0.3 is 0 Å². The van der Waals surface area contributed by atoms with Gasteiger partial charge in [0.15, 0.2) is 0 Å². The van der Waals surface area contributed by atoms with Gasteiger partial charge in [-0.1, -0.05) is 12.2 Å². The van der Waals surface area contributed by atoms with Crippen molar-refractivity contribution < 1.29 is 9.31 Å². The fourth-order valence-corrected chi connectivity index (χ4v) is 2.03. The molecule has 0 fully saturated rings. The summed E-state index contributed by atoms with van der Waals surface area (Å²) in [6.07, 6.45) is 6.59. The molecule has 0 saturated carbocycles. The zero-order valence-electron chi connectivity index (χ0n) is 8.73. The van der Waals surface area contributed by atoms with Crippen molar-refractivity contribution in [3.05, 3.63) is 51.8 Å². The molecular formula is C12H12FNO2. The summed E-state index contributed by atoms with van der Waals surface area (Å²) < 4.78 is 13.6. The minimum absolute atomic E-state index is 0.0362. The molecule has 1 aliphatic carbocycles. The van der Waals surface area contributed by atoms with Crippen LogP contribution in [0.25, 0.3) is 0 Å². The second-order valence-electron chi connectivity index (χ2n) is 3.94. The number of rotatable bonds is 2. The molecule has 0 spiro atoms. The Hall–Kier alpha value is -1.71. The van der Waals surface area contributed by atoms with E-state index in [0.29, 0.717) is 5.56 Å². The highest BCUT2D eigenvalue weighted by Crippen LogP contribution is 2.32. The summed E-state index contributed by atoms with van der Waals surface area (Å²) in [5.41, 5.74) is 0.435. The molecule has 1 unspecified atom stereocenters. The number of benzene rings is 1. The van der Waals surface area contributed by atoms with Crippen LogP contribution in [0.3, 0.4) is 0 Å². The number of non-ortho nitro benzene ring substituents is 1. The van der Waals surface area contributed by atoms with Gasteiger partial charge in [0.2, 0.25) is 0 Å². The van der Waals surface area contributed by atoms with Crippen LogP contribution in [0.5, 0.6) is 0 Å². The van der Waals surface area contributed by atoms with Gasteiger partial charge in [-0.25, -0.2) is 4.39 Å². The summed E-state index contributed by atoms with van der Waals surface area (Å²) >= 11 is 0. The molecule has 0 saturated heterocycles. The van der Waals surface area contributed by atoms with Gasteiger partial charge in [0.05, 0.1) is 4.92 Å². The van der Waals surface area contributed by atoms with Gasteiger partial charge in [-0.15, -0.1) is 0 Å². The van der Waals surface area contributed by atoms with Crippen molar-refractivity contribution in [2.24, 2.45) is 0 Å². The molecule has 3 nitrogen and oxygen atoms in total. The van der Waals surface area contributed by atoms with E-state index in [1.165, 1.54) is 18.2 Å². The Balaban J connectivity index is 2.34. The lowest BCUT2D eigenvalue weighted by Crippen LogP contribution is -2.04. The molecule has 0 radical (unpaired) electrons. The maximum Gasteiger partial charge on any atom is 0.269 e. The molecule has 4 heteroatoms. The monoisotopic (exact) mass is 221 g/mol. The largest absolute Gasteiger partial charge is 0.269 e. The van der Waals surface area contributed by atoms with Gasteiger partial charge in [0, 0.05) is 12.1 Å². The molecule has 16 heavy (non-hydrogen) atoms. The number of halogens is 1. The standard InChI is InChI=1S/C12H12FNO2/c13-12-7-6-10(14(15)16)8-11(12)9-4-2-1-3-5-9/h1-2,6-9H,3-5H2. The second-order valence-corrected chi connectivity index (χ2v) is 3.94.